The molecule has 174 valence electrons. The Bertz CT molecular complexity index is 1050. The molecule has 7 nitrogen and oxygen atoms in total. The van der Waals surface area contributed by atoms with E-state index in [-0.39, 0.29) is 5.91 Å². The molecule has 0 spiro atoms. The molecule has 1 fully saturated rings. The molecule has 0 unspecified atom stereocenters. The summed E-state index contributed by atoms with van der Waals surface area (Å²) in [4.78, 5) is 28.7. The topological polar surface area (TPSA) is 88.5 Å². The number of piperazine rings is 1. The third-order valence-electron chi connectivity index (χ3n) is 5.56. The Morgan fingerprint density at radius 2 is 1.70 bits per heavy atom. The van der Waals surface area contributed by atoms with Crippen LogP contribution in [0.3, 0.4) is 0 Å². The monoisotopic (exact) mass is 459 g/mol. The maximum absolute atomic E-state index is 13.7. The fraction of sp³-hybridized carbons (Fsp3) is 0.348. The van der Waals surface area contributed by atoms with Crippen LogP contribution in [0.25, 0.3) is 0 Å². The van der Waals surface area contributed by atoms with Gasteiger partial charge in [0.25, 0.3) is 0 Å². The van der Waals surface area contributed by atoms with Crippen molar-refractivity contribution < 1.29 is 22.8 Å². The van der Waals surface area contributed by atoms with E-state index in [2.05, 4.69) is 21.6 Å². The predicted octanol–water partition coefficient (Wildman–Crippen LogP) is 2.24. The highest BCUT2D eigenvalue weighted by Crippen LogP contribution is 2.19. The van der Waals surface area contributed by atoms with E-state index in [1.165, 1.54) is 0 Å². The molecule has 0 aromatic heterocycles. The summed E-state index contributed by atoms with van der Waals surface area (Å²) < 4.78 is 39.9. The maximum atomic E-state index is 13.7. The number of hydrogen-bond donors (Lipinski definition) is 2. The molecule has 2 aromatic rings. The van der Waals surface area contributed by atoms with Crippen molar-refractivity contribution in [2.45, 2.75) is 19.5 Å². The highest BCUT2D eigenvalue weighted by Gasteiger charge is 2.26. The van der Waals surface area contributed by atoms with Crippen LogP contribution in [-0.2, 0) is 16.1 Å². The largest absolute Gasteiger partial charge is 0.346 e. The van der Waals surface area contributed by atoms with Crippen molar-refractivity contribution in [3.63, 3.8) is 0 Å². The Morgan fingerprint density at radius 1 is 1.03 bits per heavy atom. The number of anilines is 1. The van der Waals surface area contributed by atoms with Gasteiger partial charge in [0.2, 0.25) is 11.8 Å². The molecule has 1 aliphatic rings. The quantitative estimate of drug-likeness (QED) is 0.620. The van der Waals surface area contributed by atoms with E-state index in [4.69, 9.17) is 5.26 Å². The number of hydrogen-bond acceptors (Lipinski definition) is 5. The minimum absolute atomic E-state index is 0.364. The first-order valence-corrected chi connectivity index (χ1v) is 10.4. The Balaban J connectivity index is 1.42. The Hall–Kier alpha value is -3.42. The Morgan fingerprint density at radius 3 is 2.33 bits per heavy atom. The fourth-order valence-corrected chi connectivity index (χ4v) is 3.55. The van der Waals surface area contributed by atoms with E-state index in [0.29, 0.717) is 24.7 Å². The second-order valence-electron chi connectivity index (χ2n) is 7.79. The molecule has 1 aliphatic heterocycles. The Kier molecular flexibility index (Phi) is 8.03. The van der Waals surface area contributed by atoms with Gasteiger partial charge in [0.15, 0.2) is 17.5 Å². The van der Waals surface area contributed by atoms with Crippen molar-refractivity contribution >= 4 is 17.5 Å². The molecular weight excluding hydrogens is 435 g/mol. The smallest absolute Gasteiger partial charge is 0.243 e. The molecule has 0 radical (unpaired) electrons. The van der Waals surface area contributed by atoms with E-state index < -0.39 is 41.6 Å². The SMILES string of the molecule is C[C@H](C(=O)NCC(=O)Nc1ccc(F)c(F)c1F)N1CCN(Cc2ccc(C#N)cc2)CC1. The highest BCUT2D eigenvalue weighted by molar-refractivity contribution is 5.95. The second kappa shape index (κ2) is 10.9. The van der Waals surface area contributed by atoms with Gasteiger partial charge in [-0.15, -0.1) is 0 Å². The lowest BCUT2D eigenvalue weighted by atomic mass is 10.1. The molecule has 10 heteroatoms. The summed E-state index contributed by atoms with van der Waals surface area (Å²) in [5.41, 5.74) is 1.23. The summed E-state index contributed by atoms with van der Waals surface area (Å²) in [6.07, 6.45) is 0. The van der Waals surface area contributed by atoms with Crippen LogP contribution in [-0.4, -0.2) is 60.4 Å². The van der Waals surface area contributed by atoms with Crippen LogP contribution in [0.15, 0.2) is 36.4 Å². The van der Waals surface area contributed by atoms with Crippen LogP contribution in [0.1, 0.15) is 18.1 Å². The number of carbonyl (C=O) groups excluding carboxylic acids is 2. The average Bonchev–Trinajstić information content (AvgIpc) is 2.83. The van der Waals surface area contributed by atoms with Crippen LogP contribution in [0.5, 0.6) is 0 Å². The van der Waals surface area contributed by atoms with Gasteiger partial charge in [-0.2, -0.15) is 5.26 Å². The Labute approximate surface area is 189 Å². The second-order valence-corrected chi connectivity index (χ2v) is 7.79. The molecule has 1 saturated heterocycles. The fourth-order valence-electron chi connectivity index (χ4n) is 3.55. The highest BCUT2D eigenvalue weighted by atomic mass is 19.2. The zero-order chi connectivity index (χ0) is 24.0. The minimum Gasteiger partial charge on any atom is -0.346 e. The van der Waals surface area contributed by atoms with Crippen molar-refractivity contribution in [2.24, 2.45) is 0 Å². The predicted molar refractivity (Wildman–Crippen MR) is 115 cm³/mol. The number of halogens is 3. The van der Waals surface area contributed by atoms with Gasteiger partial charge in [-0.3, -0.25) is 19.4 Å². The first kappa shape index (κ1) is 24.2. The van der Waals surface area contributed by atoms with E-state index >= 15 is 0 Å². The van der Waals surface area contributed by atoms with E-state index in [9.17, 15) is 22.8 Å². The number of nitrogens with zero attached hydrogens (tertiary/aromatic N) is 3. The zero-order valence-corrected chi connectivity index (χ0v) is 18.1. The average molecular weight is 459 g/mol. The lowest BCUT2D eigenvalue weighted by molar-refractivity contribution is -0.128. The van der Waals surface area contributed by atoms with Gasteiger partial charge < -0.3 is 10.6 Å². The van der Waals surface area contributed by atoms with Gasteiger partial charge >= 0.3 is 0 Å². The molecule has 2 N–H and O–H groups in total. The van der Waals surface area contributed by atoms with Gasteiger partial charge in [0.1, 0.15) is 0 Å². The maximum Gasteiger partial charge on any atom is 0.243 e. The normalized spacial score (nSPS) is 15.5. The van der Waals surface area contributed by atoms with Crippen LogP contribution in [0, 0.1) is 28.8 Å². The number of carbonyl (C=O) groups is 2. The molecule has 1 atom stereocenters. The summed E-state index contributed by atoms with van der Waals surface area (Å²) >= 11 is 0. The number of benzene rings is 2. The van der Waals surface area contributed by atoms with E-state index in [1.54, 1.807) is 19.1 Å². The molecule has 3 rings (SSSR count). The molecule has 0 bridgehead atoms. The third kappa shape index (κ3) is 6.31. The third-order valence-corrected chi connectivity index (χ3v) is 5.56. The lowest BCUT2D eigenvalue weighted by Crippen LogP contribution is -2.54. The molecule has 33 heavy (non-hydrogen) atoms. The first-order valence-electron chi connectivity index (χ1n) is 10.4. The van der Waals surface area contributed by atoms with Gasteiger partial charge in [-0.1, -0.05) is 12.1 Å². The van der Waals surface area contributed by atoms with Crippen LogP contribution in [0.2, 0.25) is 0 Å². The zero-order valence-electron chi connectivity index (χ0n) is 18.1. The van der Waals surface area contributed by atoms with Gasteiger partial charge in [-0.05, 0) is 36.8 Å². The summed E-state index contributed by atoms with van der Waals surface area (Å²) in [6.45, 7) is 4.90. The lowest BCUT2D eigenvalue weighted by Gasteiger charge is -2.37. The first-order chi connectivity index (χ1) is 15.8. The van der Waals surface area contributed by atoms with Gasteiger partial charge in [-0.25, -0.2) is 13.2 Å². The van der Waals surface area contributed by atoms with Crippen LogP contribution < -0.4 is 10.6 Å². The molecular formula is C23H24F3N5O2. The van der Waals surface area contributed by atoms with Crippen molar-refractivity contribution in [2.75, 3.05) is 38.0 Å². The summed E-state index contributed by atoms with van der Waals surface area (Å²) in [5.74, 6) is -5.65. The minimum atomic E-state index is -1.68. The van der Waals surface area contributed by atoms with Gasteiger partial charge in [0, 0.05) is 32.7 Å². The number of amides is 2. The van der Waals surface area contributed by atoms with Crippen molar-refractivity contribution in [3.8, 4) is 6.07 Å². The van der Waals surface area contributed by atoms with Crippen molar-refractivity contribution in [1.82, 2.24) is 15.1 Å². The number of rotatable bonds is 7. The summed E-state index contributed by atoms with van der Waals surface area (Å²) in [7, 11) is 0. The molecule has 0 saturated carbocycles. The van der Waals surface area contributed by atoms with E-state index in [1.807, 2.05) is 17.0 Å². The molecule has 2 amide bonds. The summed E-state index contributed by atoms with van der Waals surface area (Å²) in [6, 6.07) is 10.7. The van der Waals surface area contributed by atoms with E-state index in [0.717, 1.165) is 31.3 Å². The van der Waals surface area contributed by atoms with Crippen LogP contribution in [0.4, 0.5) is 18.9 Å². The van der Waals surface area contributed by atoms with Crippen LogP contribution >= 0.6 is 0 Å². The van der Waals surface area contributed by atoms with Gasteiger partial charge in [0.05, 0.1) is 29.9 Å². The molecule has 2 aromatic carbocycles. The number of nitrogens with one attached hydrogen (secondary N) is 2. The molecule has 1 heterocycles. The van der Waals surface area contributed by atoms with Crippen molar-refractivity contribution in [1.29, 1.82) is 5.26 Å². The molecule has 0 aliphatic carbocycles. The standard InChI is InChI=1S/C23H24F3N5O2/c1-15(23(33)28-13-20(32)29-19-7-6-18(24)21(25)22(19)26)31-10-8-30(9-11-31)14-17-4-2-16(12-27)3-5-17/h2-7,15H,8-11,13-14H2,1H3,(H,28,33)(H,29,32)/t15-/m1/s1. The van der Waals surface area contributed by atoms with Crippen molar-refractivity contribution in [3.05, 3.63) is 65.0 Å². The number of nitriles is 1. The summed E-state index contributed by atoms with van der Waals surface area (Å²) in [5, 5.41) is 13.5.